The van der Waals surface area contributed by atoms with Gasteiger partial charge in [0.2, 0.25) is 0 Å². The smallest absolute Gasteiger partial charge is 0.318 e. The van der Waals surface area contributed by atoms with Gasteiger partial charge in [-0.15, -0.1) is 11.3 Å². The van der Waals surface area contributed by atoms with E-state index < -0.39 is 22.5 Å². The number of hydrogen-bond donors (Lipinski definition) is 1. The second-order valence-electron chi connectivity index (χ2n) is 4.66. The molecule has 0 atom stereocenters. The van der Waals surface area contributed by atoms with Gasteiger partial charge in [-0.05, 0) is 24.5 Å². The lowest BCUT2D eigenvalue weighted by atomic mass is 10.2. The lowest BCUT2D eigenvalue weighted by Crippen LogP contribution is -2.37. The Hall–Kier alpha value is -0.920. The van der Waals surface area contributed by atoms with Crippen molar-refractivity contribution in [2.45, 2.75) is 31.4 Å². The van der Waals surface area contributed by atoms with Crippen molar-refractivity contribution in [2.24, 2.45) is 5.92 Å². The Labute approximate surface area is 117 Å². The molecule has 0 fully saturated rings. The minimum absolute atomic E-state index is 0.0692. The molecule has 1 heterocycles. The Morgan fingerprint density at radius 3 is 2.47 bits per heavy atom. The molecule has 0 unspecified atom stereocenters. The van der Waals surface area contributed by atoms with Gasteiger partial charge in [-0.25, -0.2) is 8.42 Å². The van der Waals surface area contributed by atoms with Crippen LogP contribution in [-0.4, -0.2) is 36.9 Å². The summed E-state index contributed by atoms with van der Waals surface area (Å²) >= 11 is 1.20. The zero-order valence-corrected chi connectivity index (χ0v) is 12.9. The summed E-state index contributed by atoms with van der Waals surface area (Å²) in [6, 6.07) is 3.32. The third-order valence-electron chi connectivity index (χ3n) is 2.46. The molecule has 0 radical (unpaired) electrons. The molecule has 1 rings (SSSR count). The van der Waals surface area contributed by atoms with E-state index in [9.17, 15) is 13.2 Å². The van der Waals surface area contributed by atoms with Crippen LogP contribution in [0, 0.1) is 5.92 Å². The molecule has 1 aromatic heterocycles. The quantitative estimate of drug-likeness (QED) is 0.836. The van der Waals surface area contributed by atoms with Gasteiger partial charge in [0, 0.05) is 11.4 Å². The fraction of sp³-hybridized carbons (Fsp3) is 0.583. The Balaban J connectivity index is 3.07. The molecular weight excluding hydrogens is 286 g/mol. The van der Waals surface area contributed by atoms with Crippen molar-refractivity contribution in [3.05, 3.63) is 17.0 Å². The number of carbonyl (C=O) groups is 1. The predicted octanol–water partition coefficient (Wildman–Crippen LogP) is 2.04. The summed E-state index contributed by atoms with van der Waals surface area (Å²) in [5.41, 5.74) is 0. The molecule has 7 heteroatoms. The third-order valence-corrected chi connectivity index (χ3v) is 5.97. The van der Waals surface area contributed by atoms with Crippen LogP contribution in [0.5, 0.6) is 0 Å². The first-order valence-corrected chi connectivity index (χ1v) is 8.33. The summed E-state index contributed by atoms with van der Waals surface area (Å²) in [7, 11) is -3.71. The molecule has 0 aliphatic heterocycles. The van der Waals surface area contributed by atoms with Crippen molar-refractivity contribution in [3.63, 3.8) is 0 Å². The normalized spacial score (nSPS) is 12.3. The van der Waals surface area contributed by atoms with E-state index in [4.69, 9.17) is 5.11 Å². The van der Waals surface area contributed by atoms with Crippen LogP contribution in [0.3, 0.4) is 0 Å². The molecule has 19 heavy (non-hydrogen) atoms. The molecule has 0 aliphatic carbocycles. The van der Waals surface area contributed by atoms with E-state index in [1.54, 1.807) is 12.1 Å². The van der Waals surface area contributed by atoms with E-state index >= 15 is 0 Å². The highest BCUT2D eigenvalue weighted by Crippen LogP contribution is 2.25. The van der Waals surface area contributed by atoms with E-state index in [0.717, 1.165) is 15.6 Å². The first-order chi connectivity index (χ1) is 8.77. The maximum Gasteiger partial charge on any atom is 0.318 e. The number of sulfonamides is 1. The molecule has 0 spiro atoms. The van der Waals surface area contributed by atoms with Gasteiger partial charge in [-0.3, -0.25) is 4.79 Å². The van der Waals surface area contributed by atoms with Crippen molar-refractivity contribution < 1.29 is 18.3 Å². The SMILES string of the molecule is CCc1ccc(S(=O)(=O)N(CC(=O)O)CC(C)C)s1. The monoisotopic (exact) mass is 305 g/mol. The summed E-state index contributed by atoms with van der Waals surface area (Å²) in [6.45, 7) is 5.37. The highest BCUT2D eigenvalue weighted by Gasteiger charge is 2.28. The average Bonchev–Trinajstić information content (AvgIpc) is 2.75. The van der Waals surface area contributed by atoms with Crippen LogP contribution in [0.4, 0.5) is 0 Å². The molecule has 1 aromatic rings. The Kier molecular flexibility index (Phi) is 5.51. The lowest BCUT2D eigenvalue weighted by molar-refractivity contribution is -0.137. The number of aliphatic carboxylic acids is 1. The predicted molar refractivity (Wildman–Crippen MR) is 74.9 cm³/mol. The minimum atomic E-state index is -3.71. The molecule has 1 N–H and O–H groups in total. The summed E-state index contributed by atoms with van der Waals surface area (Å²) in [6.07, 6.45) is 0.767. The van der Waals surface area contributed by atoms with Crippen LogP contribution in [-0.2, 0) is 21.2 Å². The Bertz CT molecular complexity index is 534. The molecule has 0 saturated heterocycles. The zero-order chi connectivity index (χ0) is 14.6. The fourth-order valence-corrected chi connectivity index (χ4v) is 4.62. The number of thiophene rings is 1. The molecule has 0 bridgehead atoms. The van der Waals surface area contributed by atoms with E-state index in [2.05, 4.69) is 0 Å². The van der Waals surface area contributed by atoms with Gasteiger partial charge < -0.3 is 5.11 Å². The maximum atomic E-state index is 12.4. The van der Waals surface area contributed by atoms with Gasteiger partial charge in [-0.2, -0.15) is 4.31 Å². The first-order valence-electron chi connectivity index (χ1n) is 6.08. The molecule has 0 amide bonds. The Morgan fingerprint density at radius 2 is 2.05 bits per heavy atom. The van der Waals surface area contributed by atoms with E-state index in [1.165, 1.54) is 11.3 Å². The van der Waals surface area contributed by atoms with Crippen LogP contribution in [0.1, 0.15) is 25.6 Å². The highest BCUT2D eigenvalue weighted by molar-refractivity contribution is 7.91. The summed E-state index contributed by atoms with van der Waals surface area (Å²) < 4.78 is 26.1. The molecule has 108 valence electrons. The summed E-state index contributed by atoms with van der Waals surface area (Å²) in [5, 5.41) is 8.86. The van der Waals surface area contributed by atoms with Crippen LogP contribution in [0.15, 0.2) is 16.3 Å². The average molecular weight is 305 g/mol. The topological polar surface area (TPSA) is 74.7 Å². The summed E-state index contributed by atoms with van der Waals surface area (Å²) in [4.78, 5) is 11.8. The molecule has 5 nitrogen and oxygen atoms in total. The maximum absolute atomic E-state index is 12.4. The van der Waals surface area contributed by atoms with Crippen molar-refractivity contribution in [2.75, 3.05) is 13.1 Å². The molecule has 0 aliphatic rings. The standard InChI is InChI=1S/C12H19NO4S2/c1-4-10-5-6-12(18-10)19(16,17)13(7-9(2)3)8-11(14)15/h5-6,9H,4,7-8H2,1-3H3,(H,14,15). The third kappa shape index (κ3) is 4.29. The molecule has 0 aromatic carbocycles. The Morgan fingerprint density at radius 1 is 1.42 bits per heavy atom. The second kappa shape index (κ2) is 6.49. The fourth-order valence-electron chi connectivity index (χ4n) is 1.62. The van der Waals surface area contributed by atoms with Crippen LogP contribution < -0.4 is 0 Å². The van der Waals surface area contributed by atoms with E-state index in [-0.39, 0.29) is 16.7 Å². The van der Waals surface area contributed by atoms with Gasteiger partial charge >= 0.3 is 5.97 Å². The second-order valence-corrected chi connectivity index (χ2v) is 7.99. The summed E-state index contributed by atoms with van der Waals surface area (Å²) in [5.74, 6) is -1.07. The van der Waals surface area contributed by atoms with Gasteiger partial charge in [0.15, 0.2) is 0 Å². The van der Waals surface area contributed by atoms with Gasteiger partial charge in [0.1, 0.15) is 10.8 Å². The number of aryl methyl sites for hydroxylation is 1. The van der Waals surface area contributed by atoms with Crippen molar-refractivity contribution in [3.8, 4) is 0 Å². The minimum Gasteiger partial charge on any atom is -0.480 e. The van der Waals surface area contributed by atoms with Gasteiger partial charge in [-0.1, -0.05) is 20.8 Å². The van der Waals surface area contributed by atoms with E-state index in [1.807, 2.05) is 20.8 Å². The largest absolute Gasteiger partial charge is 0.480 e. The molecule has 0 saturated carbocycles. The number of carboxylic acid groups (broad SMARTS) is 1. The van der Waals surface area contributed by atoms with Gasteiger partial charge in [0.05, 0.1) is 0 Å². The van der Waals surface area contributed by atoms with Crippen molar-refractivity contribution in [1.82, 2.24) is 4.31 Å². The lowest BCUT2D eigenvalue weighted by Gasteiger charge is -2.21. The van der Waals surface area contributed by atoms with E-state index in [0.29, 0.717) is 0 Å². The highest BCUT2D eigenvalue weighted by atomic mass is 32.2. The first kappa shape index (κ1) is 16.1. The zero-order valence-electron chi connectivity index (χ0n) is 11.3. The van der Waals surface area contributed by atoms with Crippen LogP contribution >= 0.6 is 11.3 Å². The van der Waals surface area contributed by atoms with Crippen LogP contribution in [0.25, 0.3) is 0 Å². The number of carboxylic acids is 1. The van der Waals surface area contributed by atoms with Crippen molar-refractivity contribution in [1.29, 1.82) is 0 Å². The number of hydrogen-bond acceptors (Lipinski definition) is 4. The van der Waals surface area contributed by atoms with Crippen LogP contribution in [0.2, 0.25) is 0 Å². The number of rotatable bonds is 7. The molecular formula is C12H19NO4S2. The van der Waals surface area contributed by atoms with Gasteiger partial charge in [0.25, 0.3) is 10.0 Å². The number of nitrogens with zero attached hydrogens (tertiary/aromatic N) is 1. The van der Waals surface area contributed by atoms with Crippen molar-refractivity contribution >= 4 is 27.3 Å².